The Kier molecular flexibility index (Phi) is 3.60. The van der Waals surface area contributed by atoms with E-state index in [2.05, 4.69) is 25.9 Å². The second-order valence-corrected chi connectivity index (χ2v) is 6.64. The van der Waals surface area contributed by atoms with Crippen LogP contribution in [0.3, 0.4) is 0 Å². The van der Waals surface area contributed by atoms with Crippen LogP contribution in [0.1, 0.15) is 42.9 Å². The van der Waals surface area contributed by atoms with Crippen molar-refractivity contribution in [3.63, 3.8) is 0 Å². The molecule has 0 aromatic carbocycles. The fourth-order valence-corrected chi connectivity index (χ4v) is 2.59. The Morgan fingerprint density at radius 3 is 2.63 bits per heavy atom. The summed E-state index contributed by atoms with van der Waals surface area (Å²) in [5.74, 6) is 0. The first-order valence-electron chi connectivity index (χ1n) is 6.18. The molecule has 0 fully saturated rings. The molecule has 0 saturated carbocycles. The van der Waals surface area contributed by atoms with Crippen molar-refractivity contribution < 1.29 is 0 Å². The molecule has 0 saturated heterocycles. The van der Waals surface area contributed by atoms with Gasteiger partial charge in [-0.05, 0) is 17.5 Å². The van der Waals surface area contributed by atoms with E-state index < -0.39 is 0 Å². The van der Waals surface area contributed by atoms with Gasteiger partial charge in [-0.25, -0.2) is 4.68 Å². The highest BCUT2D eigenvalue weighted by atomic mass is 32.1. The van der Waals surface area contributed by atoms with Crippen molar-refractivity contribution in [1.82, 2.24) is 9.78 Å². The summed E-state index contributed by atoms with van der Waals surface area (Å²) >= 11 is 1.56. The zero-order valence-corrected chi connectivity index (χ0v) is 12.5. The molecule has 0 aliphatic rings. The predicted molar refractivity (Wildman–Crippen MR) is 78.5 cm³/mol. The van der Waals surface area contributed by atoms with E-state index in [1.807, 2.05) is 23.6 Å². The molecular weight excluding hydrogens is 258 g/mol. The van der Waals surface area contributed by atoms with Crippen molar-refractivity contribution in [2.45, 2.75) is 32.2 Å². The summed E-state index contributed by atoms with van der Waals surface area (Å²) in [5, 5.41) is 6.28. The van der Waals surface area contributed by atoms with Gasteiger partial charge >= 0.3 is 0 Å². The summed E-state index contributed by atoms with van der Waals surface area (Å²) in [6, 6.07) is 5.34. The third kappa shape index (κ3) is 2.77. The first kappa shape index (κ1) is 14.0. The van der Waals surface area contributed by atoms with Gasteiger partial charge in [-0.2, -0.15) is 5.10 Å². The standard InChI is InChI=1S/C14H19N3OS/c1-14(2,3)11-8-9(13(18)17(4)16-11)12(15)10-6-5-7-19-10/h5-8,12H,15H2,1-4H3. The molecule has 4 nitrogen and oxygen atoms in total. The van der Waals surface area contributed by atoms with Crippen molar-refractivity contribution in [1.29, 1.82) is 0 Å². The molecule has 0 aliphatic heterocycles. The quantitative estimate of drug-likeness (QED) is 0.915. The molecule has 19 heavy (non-hydrogen) atoms. The highest BCUT2D eigenvalue weighted by Crippen LogP contribution is 2.25. The fraction of sp³-hybridized carbons (Fsp3) is 0.429. The van der Waals surface area contributed by atoms with Crippen LogP contribution < -0.4 is 11.3 Å². The normalized spacial score (nSPS) is 13.5. The van der Waals surface area contributed by atoms with Gasteiger partial charge in [0, 0.05) is 22.9 Å². The molecule has 0 radical (unpaired) electrons. The van der Waals surface area contributed by atoms with Crippen LogP contribution >= 0.6 is 11.3 Å². The Labute approximate surface area is 116 Å². The lowest BCUT2D eigenvalue weighted by atomic mass is 9.90. The molecule has 0 spiro atoms. The molecule has 0 aliphatic carbocycles. The maximum Gasteiger partial charge on any atom is 0.271 e. The Bertz CT molecular complexity index is 623. The van der Waals surface area contributed by atoms with E-state index in [4.69, 9.17) is 5.73 Å². The Hall–Kier alpha value is -1.46. The monoisotopic (exact) mass is 277 g/mol. The first-order valence-corrected chi connectivity index (χ1v) is 7.06. The van der Waals surface area contributed by atoms with Gasteiger partial charge in [-0.1, -0.05) is 26.8 Å². The minimum atomic E-state index is -0.386. The number of aromatic nitrogens is 2. The van der Waals surface area contributed by atoms with Crippen LogP contribution in [0.4, 0.5) is 0 Å². The average molecular weight is 277 g/mol. The fourth-order valence-electron chi connectivity index (χ4n) is 1.84. The summed E-state index contributed by atoms with van der Waals surface area (Å²) in [5.41, 5.74) is 7.44. The molecule has 102 valence electrons. The second-order valence-electron chi connectivity index (χ2n) is 5.66. The highest BCUT2D eigenvalue weighted by Gasteiger charge is 2.22. The summed E-state index contributed by atoms with van der Waals surface area (Å²) in [4.78, 5) is 13.2. The molecule has 5 heteroatoms. The molecule has 2 N–H and O–H groups in total. The SMILES string of the molecule is Cn1nc(C(C)(C)C)cc(C(N)c2cccs2)c1=O. The van der Waals surface area contributed by atoms with Crippen LogP contribution in [-0.2, 0) is 12.5 Å². The van der Waals surface area contributed by atoms with E-state index in [-0.39, 0.29) is 17.0 Å². The van der Waals surface area contributed by atoms with Gasteiger partial charge in [-0.3, -0.25) is 4.79 Å². The Morgan fingerprint density at radius 1 is 1.42 bits per heavy atom. The molecule has 0 bridgehead atoms. The second kappa shape index (κ2) is 4.90. The molecule has 2 aromatic heterocycles. The van der Waals surface area contributed by atoms with Crippen LogP contribution in [0, 0.1) is 0 Å². The number of rotatable bonds is 2. The third-order valence-electron chi connectivity index (χ3n) is 3.04. The molecular formula is C14H19N3OS. The number of nitrogens with zero attached hydrogens (tertiary/aromatic N) is 2. The van der Waals surface area contributed by atoms with E-state index in [1.54, 1.807) is 18.4 Å². The smallest absolute Gasteiger partial charge is 0.271 e. The van der Waals surface area contributed by atoms with E-state index in [9.17, 15) is 4.79 Å². The van der Waals surface area contributed by atoms with Gasteiger partial charge in [0.15, 0.2) is 0 Å². The molecule has 0 amide bonds. The number of hydrogen-bond donors (Lipinski definition) is 1. The van der Waals surface area contributed by atoms with E-state index in [1.165, 1.54) is 4.68 Å². The van der Waals surface area contributed by atoms with Crippen molar-refractivity contribution in [3.8, 4) is 0 Å². The zero-order valence-electron chi connectivity index (χ0n) is 11.7. The summed E-state index contributed by atoms with van der Waals surface area (Å²) in [6.45, 7) is 6.21. The Morgan fingerprint density at radius 2 is 2.11 bits per heavy atom. The maximum atomic E-state index is 12.2. The van der Waals surface area contributed by atoms with Crippen molar-refractivity contribution in [2.24, 2.45) is 12.8 Å². The minimum absolute atomic E-state index is 0.116. The van der Waals surface area contributed by atoms with Gasteiger partial charge in [-0.15, -0.1) is 11.3 Å². The summed E-state index contributed by atoms with van der Waals surface area (Å²) in [6.07, 6.45) is 0. The van der Waals surface area contributed by atoms with Crippen LogP contribution in [0.15, 0.2) is 28.4 Å². The highest BCUT2D eigenvalue weighted by molar-refractivity contribution is 7.10. The maximum absolute atomic E-state index is 12.2. The molecule has 1 unspecified atom stereocenters. The van der Waals surface area contributed by atoms with E-state index >= 15 is 0 Å². The van der Waals surface area contributed by atoms with Gasteiger partial charge in [0.2, 0.25) is 0 Å². The third-order valence-corrected chi connectivity index (χ3v) is 4.00. The van der Waals surface area contributed by atoms with E-state index in [0.29, 0.717) is 5.56 Å². The van der Waals surface area contributed by atoms with Crippen LogP contribution in [-0.4, -0.2) is 9.78 Å². The number of nitrogens with two attached hydrogens (primary N) is 1. The minimum Gasteiger partial charge on any atom is -0.319 e. The van der Waals surface area contributed by atoms with Crippen LogP contribution in [0.2, 0.25) is 0 Å². The molecule has 2 aromatic rings. The van der Waals surface area contributed by atoms with Crippen molar-refractivity contribution in [3.05, 3.63) is 50.1 Å². The predicted octanol–water partition coefficient (Wildman–Crippen LogP) is 2.19. The van der Waals surface area contributed by atoms with E-state index in [0.717, 1.165) is 10.6 Å². The van der Waals surface area contributed by atoms with Gasteiger partial charge in [0.25, 0.3) is 5.56 Å². The number of hydrogen-bond acceptors (Lipinski definition) is 4. The van der Waals surface area contributed by atoms with Crippen LogP contribution in [0.5, 0.6) is 0 Å². The summed E-state index contributed by atoms with van der Waals surface area (Å²) in [7, 11) is 1.67. The largest absolute Gasteiger partial charge is 0.319 e. The number of thiophene rings is 1. The van der Waals surface area contributed by atoms with Gasteiger partial charge < -0.3 is 5.73 Å². The summed E-state index contributed by atoms with van der Waals surface area (Å²) < 4.78 is 1.38. The average Bonchev–Trinajstić information content (AvgIpc) is 2.83. The van der Waals surface area contributed by atoms with Crippen molar-refractivity contribution >= 4 is 11.3 Å². The lowest BCUT2D eigenvalue weighted by Crippen LogP contribution is -2.31. The van der Waals surface area contributed by atoms with Gasteiger partial charge in [0.05, 0.1) is 11.7 Å². The molecule has 2 rings (SSSR count). The van der Waals surface area contributed by atoms with Gasteiger partial charge in [0.1, 0.15) is 0 Å². The molecule has 2 heterocycles. The lowest BCUT2D eigenvalue weighted by Gasteiger charge is -2.20. The zero-order chi connectivity index (χ0) is 14.2. The first-order chi connectivity index (χ1) is 8.80. The lowest BCUT2D eigenvalue weighted by molar-refractivity contribution is 0.525. The Balaban J connectivity index is 2.57. The topological polar surface area (TPSA) is 60.9 Å². The molecule has 1 atom stereocenters. The number of aryl methyl sites for hydroxylation is 1. The van der Waals surface area contributed by atoms with Crippen LogP contribution in [0.25, 0.3) is 0 Å². The van der Waals surface area contributed by atoms with Crippen molar-refractivity contribution in [2.75, 3.05) is 0 Å².